The van der Waals surface area contributed by atoms with E-state index in [2.05, 4.69) is 10.2 Å². The van der Waals surface area contributed by atoms with Crippen LogP contribution in [0.3, 0.4) is 0 Å². The second-order valence-corrected chi connectivity index (χ2v) is 5.95. The lowest BCUT2D eigenvalue weighted by Crippen LogP contribution is -2.41. The Balaban J connectivity index is 0.00000147. The Hall–Kier alpha value is -0.480. The molecule has 0 radical (unpaired) electrons. The number of ether oxygens (including phenoxy) is 1. The Morgan fingerprint density at radius 1 is 1.25 bits per heavy atom. The first kappa shape index (κ1) is 15.9. The van der Waals surface area contributed by atoms with Gasteiger partial charge in [-0.05, 0) is 50.0 Å². The molecule has 0 amide bonds. The molecule has 0 aromatic heterocycles. The van der Waals surface area contributed by atoms with Gasteiger partial charge >= 0.3 is 0 Å². The van der Waals surface area contributed by atoms with E-state index in [1.165, 1.54) is 32.6 Å². The lowest BCUT2D eigenvalue weighted by atomic mass is 9.89. The molecule has 1 aromatic rings. The second kappa shape index (κ2) is 7.51. The van der Waals surface area contributed by atoms with Gasteiger partial charge in [0.05, 0.1) is 5.02 Å². The number of fused-ring (bicyclic) bond motifs is 1. The van der Waals surface area contributed by atoms with E-state index in [4.69, 9.17) is 16.3 Å². The minimum absolute atomic E-state index is 0. The maximum Gasteiger partial charge on any atom is 0.137 e. The minimum Gasteiger partial charge on any atom is -0.491 e. The first-order chi connectivity index (χ1) is 9.33. The molecule has 0 aliphatic carbocycles. The Kier molecular flexibility index (Phi) is 5.97. The SMILES string of the molecule is Cl.Clc1ccccc1OCCN1CCC2CNCC2C1. The average Bonchev–Trinajstić information content (AvgIpc) is 2.88. The third-order valence-corrected chi connectivity index (χ3v) is 4.60. The van der Waals surface area contributed by atoms with E-state index in [9.17, 15) is 0 Å². The number of para-hydroxylation sites is 1. The van der Waals surface area contributed by atoms with E-state index in [1.54, 1.807) is 0 Å². The highest BCUT2D eigenvalue weighted by Crippen LogP contribution is 2.26. The lowest BCUT2D eigenvalue weighted by Gasteiger charge is -2.34. The molecule has 0 saturated carbocycles. The van der Waals surface area contributed by atoms with E-state index >= 15 is 0 Å². The van der Waals surface area contributed by atoms with Crippen molar-refractivity contribution < 1.29 is 4.74 Å². The summed E-state index contributed by atoms with van der Waals surface area (Å²) in [4.78, 5) is 2.52. The number of nitrogens with one attached hydrogen (secondary N) is 1. The molecule has 3 nitrogen and oxygen atoms in total. The molecule has 2 unspecified atom stereocenters. The van der Waals surface area contributed by atoms with Crippen molar-refractivity contribution in [1.82, 2.24) is 10.2 Å². The molecule has 2 aliphatic heterocycles. The molecular formula is C15H22Cl2N2O. The number of likely N-dealkylation sites (tertiary alicyclic amines) is 1. The van der Waals surface area contributed by atoms with Crippen LogP contribution in [0.15, 0.2) is 24.3 Å². The van der Waals surface area contributed by atoms with Crippen LogP contribution in [0.5, 0.6) is 5.75 Å². The van der Waals surface area contributed by atoms with Crippen LogP contribution >= 0.6 is 24.0 Å². The summed E-state index contributed by atoms with van der Waals surface area (Å²) in [6.45, 7) is 6.53. The summed E-state index contributed by atoms with van der Waals surface area (Å²) < 4.78 is 5.76. The van der Waals surface area contributed by atoms with Crippen LogP contribution in [0.2, 0.25) is 5.02 Å². The summed E-state index contributed by atoms with van der Waals surface area (Å²) in [5.41, 5.74) is 0. The highest BCUT2D eigenvalue weighted by atomic mass is 35.5. The Morgan fingerprint density at radius 2 is 2.05 bits per heavy atom. The van der Waals surface area contributed by atoms with Crippen molar-refractivity contribution >= 4 is 24.0 Å². The molecule has 0 spiro atoms. The van der Waals surface area contributed by atoms with Crippen molar-refractivity contribution in [3.8, 4) is 5.75 Å². The number of rotatable bonds is 4. The van der Waals surface area contributed by atoms with Gasteiger partial charge in [-0.3, -0.25) is 4.90 Å². The van der Waals surface area contributed by atoms with Crippen LogP contribution in [0.25, 0.3) is 0 Å². The molecule has 5 heteroatoms. The monoisotopic (exact) mass is 316 g/mol. The standard InChI is InChI=1S/C15H21ClN2O.ClH/c16-14-3-1-2-4-15(14)19-8-7-18-6-5-12-9-17-10-13(12)11-18;/h1-4,12-13,17H,5-11H2;1H. The van der Waals surface area contributed by atoms with Crippen molar-refractivity contribution in [2.45, 2.75) is 6.42 Å². The summed E-state index contributed by atoms with van der Waals surface area (Å²) in [7, 11) is 0. The minimum atomic E-state index is 0. The van der Waals surface area contributed by atoms with Gasteiger partial charge in [0.1, 0.15) is 12.4 Å². The van der Waals surface area contributed by atoms with E-state index in [0.717, 1.165) is 24.1 Å². The molecule has 2 saturated heterocycles. The van der Waals surface area contributed by atoms with Crippen LogP contribution in [0.4, 0.5) is 0 Å². The molecule has 20 heavy (non-hydrogen) atoms. The highest BCUT2D eigenvalue weighted by molar-refractivity contribution is 6.32. The van der Waals surface area contributed by atoms with E-state index in [-0.39, 0.29) is 12.4 Å². The van der Waals surface area contributed by atoms with Gasteiger partial charge < -0.3 is 10.1 Å². The zero-order chi connectivity index (χ0) is 13.1. The molecule has 112 valence electrons. The molecule has 0 bridgehead atoms. The lowest BCUT2D eigenvalue weighted by molar-refractivity contribution is 0.127. The van der Waals surface area contributed by atoms with Crippen LogP contribution in [-0.2, 0) is 0 Å². The van der Waals surface area contributed by atoms with Crippen LogP contribution in [0, 0.1) is 11.8 Å². The molecule has 2 aliphatic rings. The molecule has 2 heterocycles. The molecule has 2 atom stereocenters. The Morgan fingerprint density at radius 3 is 2.90 bits per heavy atom. The zero-order valence-corrected chi connectivity index (χ0v) is 13.1. The number of nitrogens with zero attached hydrogens (tertiary/aromatic N) is 1. The number of hydrogen-bond donors (Lipinski definition) is 1. The molecule has 3 rings (SSSR count). The first-order valence-electron chi connectivity index (χ1n) is 7.13. The van der Waals surface area contributed by atoms with Crippen molar-refractivity contribution in [1.29, 1.82) is 0 Å². The fraction of sp³-hybridized carbons (Fsp3) is 0.600. The van der Waals surface area contributed by atoms with Gasteiger partial charge in [-0.1, -0.05) is 23.7 Å². The molecule has 2 fully saturated rings. The topological polar surface area (TPSA) is 24.5 Å². The highest BCUT2D eigenvalue weighted by Gasteiger charge is 2.32. The fourth-order valence-corrected chi connectivity index (χ4v) is 3.35. The van der Waals surface area contributed by atoms with Crippen molar-refractivity contribution in [2.75, 3.05) is 39.3 Å². The van der Waals surface area contributed by atoms with Crippen molar-refractivity contribution in [2.24, 2.45) is 11.8 Å². The quantitative estimate of drug-likeness (QED) is 0.924. The Bertz CT molecular complexity index is 430. The van der Waals surface area contributed by atoms with Crippen molar-refractivity contribution in [3.63, 3.8) is 0 Å². The fourth-order valence-electron chi connectivity index (χ4n) is 3.16. The van der Waals surface area contributed by atoms with E-state index in [1.807, 2.05) is 24.3 Å². The number of hydrogen-bond acceptors (Lipinski definition) is 3. The third-order valence-electron chi connectivity index (χ3n) is 4.29. The van der Waals surface area contributed by atoms with Gasteiger partial charge in [0.2, 0.25) is 0 Å². The smallest absolute Gasteiger partial charge is 0.137 e. The van der Waals surface area contributed by atoms with E-state index < -0.39 is 0 Å². The van der Waals surface area contributed by atoms with Gasteiger partial charge in [-0.2, -0.15) is 0 Å². The van der Waals surface area contributed by atoms with Gasteiger partial charge in [0, 0.05) is 13.1 Å². The zero-order valence-electron chi connectivity index (χ0n) is 11.6. The second-order valence-electron chi connectivity index (χ2n) is 5.55. The van der Waals surface area contributed by atoms with Gasteiger partial charge in [-0.15, -0.1) is 12.4 Å². The summed E-state index contributed by atoms with van der Waals surface area (Å²) in [5, 5.41) is 4.19. The maximum absolute atomic E-state index is 6.07. The average molecular weight is 317 g/mol. The predicted octanol–water partition coefficient (Wildman–Crippen LogP) is 2.68. The maximum atomic E-state index is 6.07. The van der Waals surface area contributed by atoms with Crippen LogP contribution in [0.1, 0.15) is 6.42 Å². The number of halogens is 2. The third kappa shape index (κ3) is 3.79. The number of piperidine rings is 1. The van der Waals surface area contributed by atoms with Crippen molar-refractivity contribution in [3.05, 3.63) is 29.3 Å². The normalized spacial score (nSPS) is 25.9. The Labute approximate surface area is 132 Å². The summed E-state index contributed by atoms with van der Waals surface area (Å²) in [6, 6.07) is 7.67. The molecule has 1 N–H and O–H groups in total. The van der Waals surface area contributed by atoms with Gasteiger partial charge in [0.25, 0.3) is 0 Å². The predicted molar refractivity (Wildman–Crippen MR) is 85.1 cm³/mol. The molecular weight excluding hydrogens is 295 g/mol. The van der Waals surface area contributed by atoms with Crippen LogP contribution < -0.4 is 10.1 Å². The number of benzene rings is 1. The summed E-state index contributed by atoms with van der Waals surface area (Å²) in [6.07, 6.45) is 1.32. The summed E-state index contributed by atoms with van der Waals surface area (Å²) >= 11 is 6.07. The first-order valence-corrected chi connectivity index (χ1v) is 7.51. The van der Waals surface area contributed by atoms with Gasteiger partial charge in [0.15, 0.2) is 0 Å². The largest absolute Gasteiger partial charge is 0.491 e. The van der Waals surface area contributed by atoms with Crippen LogP contribution in [-0.4, -0.2) is 44.2 Å². The summed E-state index contributed by atoms with van der Waals surface area (Å²) in [5.74, 6) is 2.54. The van der Waals surface area contributed by atoms with E-state index in [0.29, 0.717) is 11.6 Å². The molecule has 1 aromatic carbocycles. The van der Waals surface area contributed by atoms with Gasteiger partial charge in [-0.25, -0.2) is 0 Å².